The smallest absolute Gasteiger partial charge is 0.305 e. The first-order valence-electron chi connectivity index (χ1n) is 11.2. The molecule has 3 fully saturated rings. The second-order valence-electron chi connectivity index (χ2n) is 10.2. The van der Waals surface area contributed by atoms with Crippen LogP contribution < -0.4 is 0 Å². The molecule has 0 aromatic rings. The number of allylic oxidation sites excluding steroid dienone is 1. The number of carbonyl (C=O) groups is 2. The number of esters is 1. The molecule has 3 heteroatoms. The molecule has 2 unspecified atom stereocenters. The number of hydrogen-bond acceptors (Lipinski definition) is 3. The fourth-order valence-corrected chi connectivity index (χ4v) is 7.51. The van der Waals surface area contributed by atoms with Crippen LogP contribution in [0.5, 0.6) is 0 Å². The summed E-state index contributed by atoms with van der Waals surface area (Å²) < 4.78 is 5.91. The number of ether oxygens (including phenoxy) is 1. The monoisotopic (exact) mass is 382 g/mol. The van der Waals surface area contributed by atoms with Gasteiger partial charge in [0.1, 0.15) is 6.10 Å². The Labute approximate surface area is 169 Å². The lowest BCUT2D eigenvalue weighted by Crippen LogP contribution is -2.53. The Balaban J connectivity index is 1.66. The Morgan fingerprint density at radius 3 is 2.75 bits per heavy atom. The fourth-order valence-electron chi connectivity index (χ4n) is 7.51. The van der Waals surface area contributed by atoms with Crippen molar-refractivity contribution < 1.29 is 14.3 Å². The summed E-state index contributed by atoms with van der Waals surface area (Å²) in [7, 11) is 0. The van der Waals surface area contributed by atoms with E-state index in [1.807, 2.05) is 13.0 Å². The van der Waals surface area contributed by atoms with Crippen LogP contribution in [-0.2, 0) is 14.3 Å². The van der Waals surface area contributed by atoms with Crippen LogP contribution in [0, 0.1) is 46.8 Å². The number of terminal acetylenes is 1. The van der Waals surface area contributed by atoms with E-state index >= 15 is 0 Å². The summed E-state index contributed by atoms with van der Waals surface area (Å²) >= 11 is 0. The number of fused-ring (bicyclic) bond motifs is 5. The van der Waals surface area contributed by atoms with Crippen LogP contribution in [0.3, 0.4) is 0 Å². The summed E-state index contributed by atoms with van der Waals surface area (Å²) in [4.78, 5) is 24.2. The van der Waals surface area contributed by atoms with Gasteiger partial charge in [0.05, 0.1) is 0 Å². The summed E-state index contributed by atoms with van der Waals surface area (Å²) in [5.41, 5.74) is 1.55. The van der Waals surface area contributed by atoms with Crippen molar-refractivity contribution in [2.45, 2.75) is 84.7 Å². The minimum atomic E-state index is -0.0641. The van der Waals surface area contributed by atoms with Gasteiger partial charge >= 0.3 is 5.97 Å². The van der Waals surface area contributed by atoms with E-state index in [0.717, 1.165) is 38.5 Å². The van der Waals surface area contributed by atoms with Crippen molar-refractivity contribution in [2.75, 3.05) is 0 Å². The van der Waals surface area contributed by atoms with Crippen LogP contribution >= 0.6 is 0 Å². The normalized spacial score (nSPS) is 44.6. The van der Waals surface area contributed by atoms with Crippen LogP contribution in [0.25, 0.3) is 0 Å². The summed E-state index contributed by atoms with van der Waals surface area (Å²) in [6.45, 7) is 6.64. The van der Waals surface area contributed by atoms with Crippen LogP contribution in [0.15, 0.2) is 11.6 Å². The quantitative estimate of drug-likeness (QED) is 0.504. The average Bonchev–Trinajstić information content (AvgIpc) is 2.99. The predicted molar refractivity (Wildman–Crippen MR) is 109 cm³/mol. The van der Waals surface area contributed by atoms with Gasteiger partial charge in [-0.3, -0.25) is 9.59 Å². The molecule has 28 heavy (non-hydrogen) atoms. The molecule has 3 saturated carbocycles. The van der Waals surface area contributed by atoms with Crippen molar-refractivity contribution in [3.63, 3.8) is 0 Å². The molecule has 0 heterocycles. The molecule has 0 aromatic heterocycles. The molecule has 4 aliphatic carbocycles. The van der Waals surface area contributed by atoms with Crippen LogP contribution in [0.2, 0.25) is 0 Å². The molecule has 4 rings (SSSR count). The average molecular weight is 383 g/mol. The first-order valence-corrected chi connectivity index (χ1v) is 11.2. The number of carbonyl (C=O) groups excluding carboxylic acids is 2. The van der Waals surface area contributed by atoms with Crippen LogP contribution in [-0.4, -0.2) is 17.9 Å². The highest BCUT2D eigenvalue weighted by Gasteiger charge is 2.61. The molecule has 0 N–H and O–H groups in total. The van der Waals surface area contributed by atoms with Gasteiger partial charge < -0.3 is 4.74 Å². The third-order valence-corrected chi connectivity index (χ3v) is 8.96. The lowest BCUT2D eigenvalue weighted by molar-refractivity contribution is -0.160. The SMILES string of the molecule is C#CCC1C[C@@H]2[C@@H](CC[C@]3(C)C(OC(=O)CC)CC[C@@H]23)[C@@]2(C)CCC(=O)C=C12. The first-order chi connectivity index (χ1) is 13.3. The molecule has 0 radical (unpaired) electrons. The Bertz CT molecular complexity index is 743. The van der Waals surface area contributed by atoms with Gasteiger partial charge in [-0.1, -0.05) is 26.3 Å². The summed E-state index contributed by atoms with van der Waals surface area (Å²) in [6, 6.07) is 0. The van der Waals surface area contributed by atoms with E-state index < -0.39 is 0 Å². The van der Waals surface area contributed by atoms with Gasteiger partial charge in [0, 0.05) is 24.7 Å². The van der Waals surface area contributed by atoms with Crippen molar-refractivity contribution in [2.24, 2.45) is 34.5 Å². The molecule has 7 atom stereocenters. The van der Waals surface area contributed by atoms with Crippen molar-refractivity contribution in [3.05, 3.63) is 11.6 Å². The standard InChI is InChI=1S/C25H34O3/c1-5-7-16-14-18-19-8-9-22(28-23(27)6-2)25(19,4)13-11-20(18)24(3)12-10-17(26)15-21(16)24/h1,15-16,18-20,22H,6-14H2,2-4H3/t16?,18-,19-,20+,22?,24+,25-/m0/s1. The van der Waals surface area contributed by atoms with E-state index in [0.29, 0.717) is 36.5 Å². The lowest BCUT2D eigenvalue weighted by Gasteiger charge is -2.59. The van der Waals surface area contributed by atoms with Crippen molar-refractivity contribution in [1.82, 2.24) is 0 Å². The van der Waals surface area contributed by atoms with E-state index in [1.165, 1.54) is 12.0 Å². The summed E-state index contributed by atoms with van der Waals surface area (Å²) in [5.74, 6) is 5.28. The van der Waals surface area contributed by atoms with Gasteiger partial charge in [-0.25, -0.2) is 0 Å². The zero-order valence-corrected chi connectivity index (χ0v) is 17.6. The van der Waals surface area contributed by atoms with Gasteiger partial charge in [0.2, 0.25) is 0 Å². The molecular weight excluding hydrogens is 348 g/mol. The van der Waals surface area contributed by atoms with E-state index in [9.17, 15) is 9.59 Å². The second-order valence-corrected chi connectivity index (χ2v) is 10.2. The van der Waals surface area contributed by atoms with Gasteiger partial charge in [-0.05, 0) is 73.7 Å². The lowest BCUT2D eigenvalue weighted by atomic mass is 9.45. The molecule has 4 aliphatic rings. The summed E-state index contributed by atoms with van der Waals surface area (Å²) in [5, 5.41) is 0. The maximum Gasteiger partial charge on any atom is 0.305 e. The Morgan fingerprint density at radius 2 is 2.04 bits per heavy atom. The molecule has 0 amide bonds. The van der Waals surface area contributed by atoms with Crippen molar-refractivity contribution in [3.8, 4) is 12.3 Å². The van der Waals surface area contributed by atoms with Crippen LogP contribution in [0.1, 0.15) is 78.6 Å². The minimum absolute atomic E-state index is 0.0641. The fraction of sp³-hybridized carbons (Fsp3) is 0.760. The topological polar surface area (TPSA) is 43.4 Å². The molecular formula is C25H34O3. The maximum absolute atomic E-state index is 12.2. The molecule has 152 valence electrons. The Hall–Kier alpha value is -1.56. The van der Waals surface area contributed by atoms with Gasteiger partial charge in [0.25, 0.3) is 0 Å². The highest BCUT2D eigenvalue weighted by Crippen LogP contribution is 2.66. The van der Waals surface area contributed by atoms with Gasteiger partial charge in [-0.15, -0.1) is 12.3 Å². The van der Waals surface area contributed by atoms with Crippen LogP contribution in [0.4, 0.5) is 0 Å². The Morgan fingerprint density at radius 1 is 1.25 bits per heavy atom. The van der Waals surface area contributed by atoms with Crippen molar-refractivity contribution in [1.29, 1.82) is 0 Å². The number of rotatable bonds is 3. The minimum Gasteiger partial charge on any atom is -0.462 e. The zero-order valence-electron chi connectivity index (χ0n) is 17.6. The molecule has 0 bridgehead atoms. The van der Waals surface area contributed by atoms with Gasteiger partial charge in [0.15, 0.2) is 5.78 Å². The van der Waals surface area contributed by atoms with E-state index in [1.54, 1.807) is 0 Å². The highest BCUT2D eigenvalue weighted by atomic mass is 16.5. The largest absolute Gasteiger partial charge is 0.462 e. The number of hydrogen-bond donors (Lipinski definition) is 0. The molecule has 3 nitrogen and oxygen atoms in total. The third-order valence-electron chi connectivity index (χ3n) is 8.96. The Kier molecular flexibility index (Phi) is 4.97. The maximum atomic E-state index is 12.2. The number of ketones is 1. The first kappa shape index (κ1) is 19.7. The molecule has 0 saturated heterocycles. The predicted octanol–water partition coefficient (Wildman–Crippen LogP) is 5.09. The second kappa shape index (κ2) is 7.05. The van der Waals surface area contributed by atoms with Crippen molar-refractivity contribution >= 4 is 11.8 Å². The van der Waals surface area contributed by atoms with E-state index in [4.69, 9.17) is 11.2 Å². The molecule has 0 aromatic carbocycles. The van der Waals surface area contributed by atoms with E-state index in [2.05, 4.69) is 19.8 Å². The summed E-state index contributed by atoms with van der Waals surface area (Å²) in [6.07, 6.45) is 16.1. The molecule has 0 spiro atoms. The third kappa shape index (κ3) is 2.87. The highest BCUT2D eigenvalue weighted by molar-refractivity contribution is 5.91. The zero-order chi connectivity index (χ0) is 20.1. The van der Waals surface area contributed by atoms with E-state index in [-0.39, 0.29) is 28.7 Å². The molecule has 0 aliphatic heterocycles. The van der Waals surface area contributed by atoms with Gasteiger partial charge in [-0.2, -0.15) is 0 Å².